The first-order valence-corrected chi connectivity index (χ1v) is 10.4. The maximum Gasteiger partial charge on any atom is 0.0950 e. The van der Waals surface area contributed by atoms with Gasteiger partial charge in [0.1, 0.15) is 0 Å². The van der Waals surface area contributed by atoms with Gasteiger partial charge in [-0.1, -0.05) is 59.7 Å². The molecule has 27 heavy (non-hydrogen) atoms. The van der Waals surface area contributed by atoms with E-state index in [4.69, 9.17) is 0 Å². The SMILES string of the molecule is CN1CN2c3ccc4c(c3C(C)(C)c3cccc1c32)C(C)(C)CCC4(C)C. The van der Waals surface area contributed by atoms with Gasteiger partial charge in [0.2, 0.25) is 0 Å². The third kappa shape index (κ3) is 2.02. The summed E-state index contributed by atoms with van der Waals surface area (Å²) >= 11 is 0. The van der Waals surface area contributed by atoms with E-state index in [1.807, 2.05) is 0 Å². The van der Waals surface area contributed by atoms with Crippen LogP contribution in [0.15, 0.2) is 30.3 Å². The summed E-state index contributed by atoms with van der Waals surface area (Å²) in [7, 11) is 2.21. The van der Waals surface area contributed by atoms with E-state index < -0.39 is 0 Å². The van der Waals surface area contributed by atoms with Crippen LogP contribution in [0.3, 0.4) is 0 Å². The zero-order valence-corrected chi connectivity index (χ0v) is 17.9. The van der Waals surface area contributed by atoms with Crippen molar-refractivity contribution in [3.05, 3.63) is 52.6 Å². The molecule has 142 valence electrons. The van der Waals surface area contributed by atoms with E-state index in [1.165, 1.54) is 35.5 Å². The summed E-state index contributed by atoms with van der Waals surface area (Å²) < 4.78 is 0. The monoisotopic (exact) mass is 360 g/mol. The van der Waals surface area contributed by atoms with Gasteiger partial charge in [-0.3, -0.25) is 0 Å². The number of nitrogens with zero attached hydrogens (tertiary/aromatic N) is 2. The standard InChI is InChI=1S/C25H32N2/c1-23(2)13-14-24(3,4)20-16(23)11-12-18-21(20)25(5,6)17-9-8-10-19-22(17)27(18)15-26(19)7/h8-12H,13-15H2,1-7H3. The fourth-order valence-electron chi connectivity index (χ4n) is 5.92. The maximum atomic E-state index is 2.56. The van der Waals surface area contributed by atoms with Crippen LogP contribution in [-0.4, -0.2) is 13.7 Å². The fraction of sp³-hybridized carbons (Fsp3) is 0.520. The van der Waals surface area contributed by atoms with Gasteiger partial charge in [0.05, 0.1) is 18.0 Å². The minimum atomic E-state index is 0.0123. The minimum Gasteiger partial charge on any atom is -0.355 e. The molecule has 2 aliphatic heterocycles. The van der Waals surface area contributed by atoms with E-state index in [2.05, 4.69) is 88.7 Å². The molecule has 0 saturated carbocycles. The average Bonchev–Trinajstić information content (AvgIpc) is 2.94. The van der Waals surface area contributed by atoms with Gasteiger partial charge in [-0.25, -0.2) is 0 Å². The van der Waals surface area contributed by atoms with Crippen molar-refractivity contribution in [1.29, 1.82) is 0 Å². The van der Waals surface area contributed by atoms with Gasteiger partial charge in [-0.05, 0) is 58.1 Å². The number of hydrogen-bond donors (Lipinski definition) is 0. The first kappa shape index (κ1) is 17.2. The molecule has 0 N–H and O–H groups in total. The molecule has 0 unspecified atom stereocenters. The summed E-state index contributed by atoms with van der Waals surface area (Å²) in [5.41, 5.74) is 10.9. The molecule has 0 fully saturated rings. The quantitative estimate of drug-likeness (QED) is 0.550. The Morgan fingerprint density at radius 3 is 2.19 bits per heavy atom. The summed E-state index contributed by atoms with van der Waals surface area (Å²) in [4.78, 5) is 4.95. The maximum absolute atomic E-state index is 2.56. The third-order valence-electron chi connectivity index (χ3n) is 7.60. The van der Waals surface area contributed by atoms with Gasteiger partial charge in [0.15, 0.2) is 0 Å². The second kappa shape index (κ2) is 4.90. The van der Waals surface area contributed by atoms with Gasteiger partial charge in [-0.2, -0.15) is 0 Å². The van der Waals surface area contributed by atoms with E-state index in [0.29, 0.717) is 0 Å². The Morgan fingerprint density at radius 1 is 0.741 bits per heavy atom. The second-order valence-corrected chi connectivity index (χ2v) is 10.7. The van der Waals surface area contributed by atoms with E-state index in [0.717, 1.165) is 6.67 Å². The molecule has 3 aliphatic rings. The van der Waals surface area contributed by atoms with E-state index >= 15 is 0 Å². The van der Waals surface area contributed by atoms with Crippen molar-refractivity contribution in [1.82, 2.24) is 0 Å². The predicted molar refractivity (Wildman–Crippen MR) is 116 cm³/mol. The highest BCUT2D eigenvalue weighted by atomic mass is 15.4. The minimum absolute atomic E-state index is 0.0123. The normalized spacial score (nSPS) is 22.9. The molecular formula is C25H32N2. The number of anilines is 3. The van der Waals surface area contributed by atoms with Crippen molar-refractivity contribution >= 4 is 17.1 Å². The van der Waals surface area contributed by atoms with Crippen LogP contribution >= 0.6 is 0 Å². The number of fused-ring (bicyclic) bond motifs is 4. The van der Waals surface area contributed by atoms with Crippen molar-refractivity contribution in [2.45, 2.75) is 70.6 Å². The first-order valence-electron chi connectivity index (χ1n) is 10.4. The van der Waals surface area contributed by atoms with Crippen molar-refractivity contribution < 1.29 is 0 Å². The molecule has 1 aliphatic carbocycles. The van der Waals surface area contributed by atoms with Gasteiger partial charge < -0.3 is 9.80 Å². The Labute approximate surface area is 164 Å². The molecule has 5 rings (SSSR count). The topological polar surface area (TPSA) is 6.48 Å². The molecule has 2 heterocycles. The van der Waals surface area contributed by atoms with Crippen LogP contribution in [0.25, 0.3) is 0 Å². The zero-order valence-electron chi connectivity index (χ0n) is 17.9. The Morgan fingerprint density at radius 2 is 1.44 bits per heavy atom. The highest BCUT2D eigenvalue weighted by molar-refractivity contribution is 5.91. The lowest BCUT2D eigenvalue weighted by molar-refractivity contribution is 0.326. The molecular weight excluding hydrogens is 328 g/mol. The zero-order chi connectivity index (χ0) is 19.4. The van der Waals surface area contributed by atoms with Gasteiger partial charge >= 0.3 is 0 Å². The van der Waals surface area contributed by atoms with Crippen LogP contribution < -0.4 is 9.80 Å². The molecule has 2 heteroatoms. The Hall–Kier alpha value is -1.96. The third-order valence-corrected chi connectivity index (χ3v) is 7.60. The molecule has 0 aromatic heterocycles. The lowest BCUT2D eigenvalue weighted by atomic mass is 9.58. The molecule has 0 bridgehead atoms. The molecule has 2 aromatic rings. The Bertz CT molecular complexity index is 965. The fourth-order valence-corrected chi connectivity index (χ4v) is 5.92. The Kier molecular flexibility index (Phi) is 3.11. The van der Waals surface area contributed by atoms with Crippen LogP contribution in [0.5, 0.6) is 0 Å². The van der Waals surface area contributed by atoms with Crippen LogP contribution in [0, 0.1) is 0 Å². The van der Waals surface area contributed by atoms with Crippen LogP contribution in [0.4, 0.5) is 17.1 Å². The summed E-state index contributed by atoms with van der Waals surface area (Å²) in [5, 5.41) is 0. The van der Waals surface area contributed by atoms with E-state index in [-0.39, 0.29) is 16.2 Å². The molecule has 0 spiro atoms. The van der Waals surface area contributed by atoms with Gasteiger partial charge in [0.25, 0.3) is 0 Å². The van der Waals surface area contributed by atoms with Crippen molar-refractivity contribution in [2.75, 3.05) is 23.5 Å². The number of hydrogen-bond acceptors (Lipinski definition) is 2. The number of rotatable bonds is 0. The van der Waals surface area contributed by atoms with Gasteiger partial charge in [-0.15, -0.1) is 0 Å². The van der Waals surface area contributed by atoms with Gasteiger partial charge in [0, 0.05) is 18.2 Å². The summed E-state index contributed by atoms with van der Waals surface area (Å²) in [5.74, 6) is 0. The van der Waals surface area contributed by atoms with Crippen LogP contribution in [0.1, 0.15) is 76.6 Å². The molecule has 0 saturated heterocycles. The number of para-hydroxylation sites is 1. The predicted octanol–water partition coefficient (Wildman–Crippen LogP) is 6.22. The molecule has 2 aromatic carbocycles. The lowest BCUT2D eigenvalue weighted by Gasteiger charge is -2.49. The highest BCUT2D eigenvalue weighted by Gasteiger charge is 2.47. The lowest BCUT2D eigenvalue weighted by Crippen LogP contribution is -2.41. The smallest absolute Gasteiger partial charge is 0.0950 e. The highest BCUT2D eigenvalue weighted by Crippen LogP contribution is 2.59. The second-order valence-electron chi connectivity index (χ2n) is 10.7. The van der Waals surface area contributed by atoms with Crippen molar-refractivity contribution in [2.24, 2.45) is 0 Å². The van der Waals surface area contributed by atoms with Crippen molar-refractivity contribution in [3.63, 3.8) is 0 Å². The van der Waals surface area contributed by atoms with Crippen LogP contribution in [-0.2, 0) is 16.2 Å². The number of benzene rings is 2. The molecule has 0 amide bonds. The largest absolute Gasteiger partial charge is 0.355 e. The van der Waals surface area contributed by atoms with E-state index in [1.54, 1.807) is 16.7 Å². The molecule has 2 nitrogen and oxygen atoms in total. The molecule has 0 radical (unpaired) electrons. The molecule has 0 atom stereocenters. The Balaban J connectivity index is 1.89. The van der Waals surface area contributed by atoms with Crippen molar-refractivity contribution in [3.8, 4) is 0 Å². The summed E-state index contributed by atoms with van der Waals surface area (Å²) in [6.07, 6.45) is 2.52. The summed E-state index contributed by atoms with van der Waals surface area (Å²) in [6, 6.07) is 11.7. The average molecular weight is 361 g/mol. The summed E-state index contributed by atoms with van der Waals surface area (Å²) in [6.45, 7) is 15.6. The van der Waals surface area contributed by atoms with Crippen LogP contribution in [0.2, 0.25) is 0 Å². The first-order chi connectivity index (χ1) is 12.6. The van der Waals surface area contributed by atoms with E-state index in [9.17, 15) is 0 Å².